The molecule has 0 unspecified atom stereocenters. The van der Waals surface area contributed by atoms with Crippen molar-refractivity contribution in [2.45, 2.75) is 26.7 Å². The molecule has 1 aliphatic rings. The molecule has 4 heteroatoms. The molecule has 0 radical (unpaired) electrons. The van der Waals surface area contributed by atoms with Crippen molar-refractivity contribution in [3.05, 3.63) is 29.3 Å². The van der Waals surface area contributed by atoms with E-state index in [0.717, 1.165) is 29.7 Å². The number of amides is 1. The predicted molar refractivity (Wildman–Crippen MR) is 68.3 cm³/mol. The number of hydrogen-bond donors (Lipinski definition) is 0. The van der Waals surface area contributed by atoms with E-state index in [2.05, 4.69) is 0 Å². The third-order valence-electron chi connectivity index (χ3n) is 3.03. The summed E-state index contributed by atoms with van der Waals surface area (Å²) in [4.78, 5) is 17.2. The molecule has 0 atom stereocenters. The first-order valence-electron chi connectivity index (χ1n) is 6.31. The van der Waals surface area contributed by atoms with Gasteiger partial charge in [0.1, 0.15) is 5.75 Å². The minimum Gasteiger partial charge on any atom is -0.483 e. The van der Waals surface area contributed by atoms with Gasteiger partial charge in [-0.3, -0.25) is 9.63 Å². The summed E-state index contributed by atoms with van der Waals surface area (Å²) in [7, 11) is 0. The summed E-state index contributed by atoms with van der Waals surface area (Å²) in [6.45, 7) is 5.27. The van der Waals surface area contributed by atoms with E-state index in [1.54, 1.807) is 0 Å². The monoisotopic (exact) mass is 249 g/mol. The zero-order chi connectivity index (χ0) is 13.0. The van der Waals surface area contributed by atoms with Crippen molar-refractivity contribution >= 4 is 5.91 Å². The van der Waals surface area contributed by atoms with Crippen molar-refractivity contribution in [1.82, 2.24) is 5.06 Å². The van der Waals surface area contributed by atoms with Crippen LogP contribution in [-0.4, -0.2) is 30.7 Å². The average molecular weight is 249 g/mol. The minimum atomic E-state index is -0.114. The molecule has 0 saturated carbocycles. The molecule has 1 aromatic carbocycles. The first kappa shape index (κ1) is 12.9. The predicted octanol–water partition coefficient (Wildman–Crippen LogP) is 2.24. The highest BCUT2D eigenvalue weighted by Gasteiger charge is 2.18. The molecule has 1 amide bonds. The number of carbonyl (C=O) groups excluding carboxylic acids is 1. The van der Waals surface area contributed by atoms with Crippen LogP contribution in [0.15, 0.2) is 18.2 Å². The van der Waals surface area contributed by atoms with Crippen LogP contribution in [0.3, 0.4) is 0 Å². The van der Waals surface area contributed by atoms with Gasteiger partial charge in [0.05, 0.1) is 6.61 Å². The number of benzene rings is 1. The van der Waals surface area contributed by atoms with Crippen molar-refractivity contribution in [1.29, 1.82) is 0 Å². The van der Waals surface area contributed by atoms with Crippen LogP contribution in [0.1, 0.15) is 24.0 Å². The second kappa shape index (κ2) is 5.87. The molecule has 0 aliphatic carbocycles. The Bertz CT molecular complexity index is 405. The number of aryl methyl sites for hydroxylation is 2. The SMILES string of the molecule is Cc1cccc(C)c1OCC(=O)N1CCCCO1. The Morgan fingerprint density at radius 2 is 2.06 bits per heavy atom. The zero-order valence-electron chi connectivity index (χ0n) is 10.9. The molecule has 1 aliphatic heterocycles. The Balaban J connectivity index is 1.92. The smallest absolute Gasteiger partial charge is 0.283 e. The molecule has 4 nitrogen and oxygen atoms in total. The number of hydroxylamine groups is 2. The first-order valence-corrected chi connectivity index (χ1v) is 6.31. The maximum Gasteiger partial charge on any atom is 0.283 e. The van der Waals surface area contributed by atoms with Crippen molar-refractivity contribution in [3.63, 3.8) is 0 Å². The lowest BCUT2D eigenvalue weighted by Gasteiger charge is -2.26. The van der Waals surface area contributed by atoms with E-state index in [9.17, 15) is 4.79 Å². The van der Waals surface area contributed by atoms with Crippen molar-refractivity contribution in [2.24, 2.45) is 0 Å². The lowest BCUT2D eigenvalue weighted by molar-refractivity contribution is -0.198. The summed E-state index contributed by atoms with van der Waals surface area (Å²) in [6, 6.07) is 5.93. The largest absolute Gasteiger partial charge is 0.483 e. The van der Waals surface area contributed by atoms with Gasteiger partial charge < -0.3 is 4.74 Å². The third-order valence-corrected chi connectivity index (χ3v) is 3.03. The number of nitrogens with zero attached hydrogens (tertiary/aromatic N) is 1. The van der Waals surface area contributed by atoms with Crippen LogP contribution >= 0.6 is 0 Å². The fourth-order valence-corrected chi connectivity index (χ4v) is 2.03. The van der Waals surface area contributed by atoms with E-state index < -0.39 is 0 Å². The van der Waals surface area contributed by atoms with Crippen LogP contribution < -0.4 is 4.74 Å². The molecule has 0 aromatic heterocycles. The van der Waals surface area contributed by atoms with E-state index >= 15 is 0 Å². The molecule has 2 rings (SSSR count). The van der Waals surface area contributed by atoms with Crippen LogP contribution in [0.2, 0.25) is 0 Å². The normalized spacial score (nSPS) is 15.6. The molecule has 1 fully saturated rings. The molecule has 0 spiro atoms. The summed E-state index contributed by atoms with van der Waals surface area (Å²) in [5.41, 5.74) is 2.09. The van der Waals surface area contributed by atoms with E-state index in [4.69, 9.17) is 9.57 Å². The van der Waals surface area contributed by atoms with Gasteiger partial charge in [-0.05, 0) is 37.8 Å². The molecule has 1 heterocycles. The maximum absolute atomic E-state index is 11.9. The average Bonchev–Trinajstić information content (AvgIpc) is 2.39. The molecule has 98 valence electrons. The Morgan fingerprint density at radius 3 is 2.67 bits per heavy atom. The van der Waals surface area contributed by atoms with Gasteiger partial charge in [-0.25, -0.2) is 5.06 Å². The second-order valence-electron chi connectivity index (χ2n) is 4.55. The van der Waals surface area contributed by atoms with Gasteiger partial charge in [0.25, 0.3) is 5.91 Å². The van der Waals surface area contributed by atoms with Crippen LogP contribution in [0.4, 0.5) is 0 Å². The second-order valence-corrected chi connectivity index (χ2v) is 4.55. The number of carbonyl (C=O) groups is 1. The van der Waals surface area contributed by atoms with Gasteiger partial charge in [0, 0.05) is 6.54 Å². The topological polar surface area (TPSA) is 38.8 Å². The Morgan fingerprint density at radius 1 is 1.33 bits per heavy atom. The fraction of sp³-hybridized carbons (Fsp3) is 0.500. The lowest BCUT2D eigenvalue weighted by Crippen LogP contribution is -2.38. The van der Waals surface area contributed by atoms with Gasteiger partial charge in [-0.2, -0.15) is 0 Å². The van der Waals surface area contributed by atoms with Crippen molar-refractivity contribution < 1.29 is 14.4 Å². The fourth-order valence-electron chi connectivity index (χ4n) is 2.03. The molecule has 18 heavy (non-hydrogen) atoms. The lowest BCUT2D eigenvalue weighted by atomic mass is 10.1. The first-order chi connectivity index (χ1) is 8.68. The maximum atomic E-state index is 11.9. The quantitative estimate of drug-likeness (QED) is 0.824. The van der Waals surface area contributed by atoms with Crippen LogP contribution in [0.25, 0.3) is 0 Å². The summed E-state index contributed by atoms with van der Waals surface area (Å²) in [5.74, 6) is 0.681. The number of rotatable bonds is 3. The van der Waals surface area contributed by atoms with E-state index in [0.29, 0.717) is 13.2 Å². The zero-order valence-corrected chi connectivity index (χ0v) is 10.9. The van der Waals surface area contributed by atoms with E-state index in [1.807, 2.05) is 32.0 Å². The molecule has 0 bridgehead atoms. The molecular formula is C14H19NO3. The summed E-state index contributed by atoms with van der Waals surface area (Å²) in [6.07, 6.45) is 2.01. The third kappa shape index (κ3) is 3.01. The highest BCUT2D eigenvalue weighted by Crippen LogP contribution is 2.22. The standard InChI is InChI=1S/C14H19NO3/c1-11-6-5-7-12(2)14(11)17-10-13(16)15-8-3-4-9-18-15/h5-7H,3-4,8-10H2,1-2H3. The van der Waals surface area contributed by atoms with Crippen molar-refractivity contribution in [3.8, 4) is 5.75 Å². The Hall–Kier alpha value is -1.55. The number of para-hydroxylation sites is 1. The molecule has 1 saturated heterocycles. The van der Waals surface area contributed by atoms with Crippen LogP contribution in [0, 0.1) is 13.8 Å². The molecule has 0 N–H and O–H groups in total. The van der Waals surface area contributed by atoms with E-state index in [-0.39, 0.29) is 12.5 Å². The Labute approximate surface area is 107 Å². The van der Waals surface area contributed by atoms with Gasteiger partial charge >= 0.3 is 0 Å². The highest BCUT2D eigenvalue weighted by atomic mass is 16.7. The summed E-state index contributed by atoms with van der Waals surface area (Å²) >= 11 is 0. The molecule has 1 aromatic rings. The minimum absolute atomic E-state index is 0.0334. The van der Waals surface area contributed by atoms with Crippen LogP contribution in [-0.2, 0) is 9.63 Å². The van der Waals surface area contributed by atoms with Gasteiger partial charge in [-0.1, -0.05) is 18.2 Å². The van der Waals surface area contributed by atoms with Gasteiger partial charge in [0.2, 0.25) is 0 Å². The summed E-state index contributed by atoms with van der Waals surface area (Å²) in [5, 5.41) is 1.41. The number of ether oxygens (including phenoxy) is 1. The van der Waals surface area contributed by atoms with Crippen molar-refractivity contribution in [2.75, 3.05) is 19.8 Å². The highest BCUT2D eigenvalue weighted by molar-refractivity contribution is 5.76. The van der Waals surface area contributed by atoms with Crippen LogP contribution in [0.5, 0.6) is 5.75 Å². The molecular weight excluding hydrogens is 230 g/mol. The Kier molecular flexibility index (Phi) is 4.20. The van der Waals surface area contributed by atoms with E-state index in [1.165, 1.54) is 5.06 Å². The van der Waals surface area contributed by atoms with Gasteiger partial charge in [-0.15, -0.1) is 0 Å². The number of hydrogen-bond acceptors (Lipinski definition) is 3. The summed E-state index contributed by atoms with van der Waals surface area (Å²) < 4.78 is 5.61. The van der Waals surface area contributed by atoms with Gasteiger partial charge in [0.15, 0.2) is 6.61 Å².